The second-order valence-corrected chi connectivity index (χ2v) is 7.87. The molecule has 0 spiro atoms. The lowest BCUT2D eigenvalue weighted by molar-refractivity contribution is -0.146. The Morgan fingerprint density at radius 3 is 2.48 bits per heavy atom. The predicted molar refractivity (Wildman–Crippen MR) is 120 cm³/mol. The fraction of sp³-hybridized carbons (Fsp3) is 0.333. The fourth-order valence-electron chi connectivity index (χ4n) is 4.60. The van der Waals surface area contributed by atoms with Crippen LogP contribution in [0.5, 0.6) is 11.5 Å². The summed E-state index contributed by atoms with van der Waals surface area (Å²) in [5.74, 6) is 0.0375. The van der Waals surface area contributed by atoms with Crippen molar-refractivity contribution in [2.75, 3.05) is 20.8 Å². The zero-order valence-corrected chi connectivity index (χ0v) is 19.0. The number of esters is 1. The molecule has 1 aromatic carbocycles. The topological polar surface area (TPSA) is 62.6 Å². The molecule has 2 atom stereocenters. The Hall–Kier alpha value is -2.99. The summed E-state index contributed by atoms with van der Waals surface area (Å²) in [7, 11) is 3.11. The number of carbonyl (C=O) groups excluding carboxylic acids is 1. The average molecular weight is 441 g/mol. The molecular formula is C24H25ClN2O4. The molecule has 0 N–H and O–H groups in total. The number of halogens is 1. The number of hydrogen-bond acceptors (Lipinski definition) is 5. The zero-order valence-electron chi connectivity index (χ0n) is 18.2. The Labute approximate surface area is 186 Å². The molecule has 0 saturated heterocycles. The third kappa shape index (κ3) is 3.26. The van der Waals surface area contributed by atoms with Gasteiger partial charge in [0.1, 0.15) is 5.92 Å². The van der Waals surface area contributed by atoms with E-state index in [1.165, 1.54) is 7.11 Å². The molecule has 6 nitrogen and oxygen atoms in total. The Balaban J connectivity index is 2.04. The van der Waals surface area contributed by atoms with Crippen LogP contribution in [0.1, 0.15) is 37.1 Å². The number of ether oxygens (including phenoxy) is 3. The number of nitrogens with zero attached hydrogens (tertiary/aromatic N) is 2. The molecule has 1 aliphatic heterocycles. The standard InChI is InChI=1S/C24H25ClN2O4/c1-6-31-24(28)20-14(3)27-13(2)16(15-7-9-26-10-8-15)11-18(27)17-12-19(29-4)23(30-5)22(25)21(17)20/h7-12,14,20H,6H2,1-5H3. The van der Waals surface area contributed by atoms with E-state index in [9.17, 15) is 4.79 Å². The van der Waals surface area contributed by atoms with Gasteiger partial charge in [0.05, 0.1) is 25.8 Å². The molecular weight excluding hydrogens is 416 g/mol. The minimum Gasteiger partial charge on any atom is -0.493 e. The molecule has 0 amide bonds. The number of aromatic nitrogens is 2. The van der Waals surface area contributed by atoms with E-state index in [1.807, 2.05) is 25.1 Å². The van der Waals surface area contributed by atoms with E-state index in [1.54, 1.807) is 26.4 Å². The van der Waals surface area contributed by atoms with E-state index in [0.29, 0.717) is 28.7 Å². The molecule has 3 aromatic rings. The molecule has 1 aliphatic rings. The molecule has 0 saturated carbocycles. The maximum Gasteiger partial charge on any atom is 0.315 e. The lowest BCUT2D eigenvalue weighted by Crippen LogP contribution is -2.30. The normalized spacial score (nSPS) is 17.0. The number of methoxy groups -OCH3 is 2. The van der Waals surface area contributed by atoms with Gasteiger partial charge in [-0.1, -0.05) is 11.6 Å². The first-order valence-electron chi connectivity index (χ1n) is 10.2. The van der Waals surface area contributed by atoms with Crippen molar-refractivity contribution in [3.8, 4) is 33.9 Å². The van der Waals surface area contributed by atoms with Gasteiger partial charge in [-0.25, -0.2) is 0 Å². The van der Waals surface area contributed by atoms with E-state index in [-0.39, 0.29) is 12.0 Å². The third-order valence-electron chi connectivity index (χ3n) is 5.95. The summed E-state index contributed by atoms with van der Waals surface area (Å²) in [5, 5.41) is 0.373. The molecule has 0 aliphatic carbocycles. The molecule has 4 rings (SSSR count). The summed E-state index contributed by atoms with van der Waals surface area (Å²) in [6.45, 7) is 6.17. The predicted octanol–water partition coefficient (Wildman–Crippen LogP) is 5.42. The highest BCUT2D eigenvalue weighted by Gasteiger charge is 2.41. The van der Waals surface area contributed by atoms with Crippen molar-refractivity contribution in [3.05, 3.63) is 52.9 Å². The van der Waals surface area contributed by atoms with Crippen LogP contribution in [0.3, 0.4) is 0 Å². The van der Waals surface area contributed by atoms with Crippen LogP contribution in [0.25, 0.3) is 22.4 Å². The maximum absolute atomic E-state index is 13.1. The van der Waals surface area contributed by atoms with E-state index < -0.39 is 5.92 Å². The molecule has 3 heterocycles. The summed E-state index contributed by atoms with van der Waals surface area (Å²) in [5.41, 5.74) is 5.70. The van der Waals surface area contributed by atoms with Crippen LogP contribution in [-0.4, -0.2) is 36.3 Å². The minimum atomic E-state index is -0.578. The van der Waals surface area contributed by atoms with Gasteiger partial charge in [0.2, 0.25) is 0 Å². The second-order valence-electron chi connectivity index (χ2n) is 7.49. The first-order chi connectivity index (χ1) is 14.9. The second kappa shape index (κ2) is 8.27. The van der Waals surface area contributed by atoms with Crippen LogP contribution in [-0.2, 0) is 9.53 Å². The molecule has 2 unspecified atom stereocenters. The van der Waals surface area contributed by atoms with Crippen molar-refractivity contribution in [1.29, 1.82) is 0 Å². The van der Waals surface area contributed by atoms with Gasteiger partial charge in [-0.3, -0.25) is 9.78 Å². The largest absolute Gasteiger partial charge is 0.493 e. The van der Waals surface area contributed by atoms with Gasteiger partial charge in [0.25, 0.3) is 0 Å². The summed E-state index contributed by atoms with van der Waals surface area (Å²) < 4.78 is 18.7. The Bertz CT molecular complexity index is 1140. The fourth-order valence-corrected chi connectivity index (χ4v) is 4.98. The van der Waals surface area contributed by atoms with Crippen LogP contribution in [0.2, 0.25) is 5.02 Å². The first-order valence-corrected chi connectivity index (χ1v) is 10.6. The van der Waals surface area contributed by atoms with Crippen molar-refractivity contribution in [2.45, 2.75) is 32.7 Å². The molecule has 0 bridgehead atoms. The number of hydrogen-bond donors (Lipinski definition) is 0. The van der Waals surface area contributed by atoms with Crippen molar-refractivity contribution < 1.29 is 19.0 Å². The van der Waals surface area contributed by atoms with Crippen LogP contribution in [0, 0.1) is 6.92 Å². The monoisotopic (exact) mass is 440 g/mol. The quantitative estimate of drug-likeness (QED) is 0.496. The third-order valence-corrected chi connectivity index (χ3v) is 6.32. The van der Waals surface area contributed by atoms with E-state index in [2.05, 4.69) is 22.5 Å². The Morgan fingerprint density at radius 1 is 1.16 bits per heavy atom. The smallest absolute Gasteiger partial charge is 0.315 e. The number of benzene rings is 1. The Morgan fingerprint density at radius 2 is 1.87 bits per heavy atom. The Kier molecular flexibility index (Phi) is 5.67. The van der Waals surface area contributed by atoms with Crippen molar-refractivity contribution in [2.24, 2.45) is 0 Å². The highest BCUT2D eigenvalue weighted by atomic mass is 35.5. The average Bonchev–Trinajstić information content (AvgIpc) is 3.12. The van der Waals surface area contributed by atoms with Gasteiger partial charge >= 0.3 is 5.97 Å². The van der Waals surface area contributed by atoms with E-state index in [4.69, 9.17) is 25.8 Å². The van der Waals surface area contributed by atoms with Gasteiger partial charge in [-0.2, -0.15) is 0 Å². The maximum atomic E-state index is 13.1. The lowest BCUT2D eigenvalue weighted by atomic mass is 9.83. The van der Waals surface area contributed by atoms with Crippen molar-refractivity contribution in [1.82, 2.24) is 9.55 Å². The van der Waals surface area contributed by atoms with Crippen LogP contribution in [0.15, 0.2) is 36.7 Å². The molecule has 0 radical (unpaired) electrons. The number of fused-ring (bicyclic) bond motifs is 3. The summed E-state index contributed by atoms with van der Waals surface area (Å²) >= 11 is 6.81. The molecule has 0 fully saturated rings. The molecule has 31 heavy (non-hydrogen) atoms. The SMILES string of the molecule is CCOC(=O)C1c2c(cc(OC)c(OC)c2Cl)-c2cc(-c3ccncc3)c(C)n2C1C. The van der Waals surface area contributed by atoms with Crippen LogP contribution in [0.4, 0.5) is 0 Å². The minimum absolute atomic E-state index is 0.201. The van der Waals surface area contributed by atoms with Crippen molar-refractivity contribution in [3.63, 3.8) is 0 Å². The van der Waals surface area contributed by atoms with Gasteiger partial charge in [-0.05, 0) is 50.6 Å². The van der Waals surface area contributed by atoms with Crippen molar-refractivity contribution >= 4 is 17.6 Å². The van der Waals surface area contributed by atoms with Gasteiger partial charge < -0.3 is 18.8 Å². The van der Waals surface area contributed by atoms with E-state index in [0.717, 1.165) is 28.1 Å². The van der Waals surface area contributed by atoms with Gasteiger partial charge in [0, 0.05) is 46.5 Å². The highest BCUT2D eigenvalue weighted by molar-refractivity contribution is 6.34. The van der Waals surface area contributed by atoms with Gasteiger partial charge in [-0.15, -0.1) is 0 Å². The van der Waals surface area contributed by atoms with E-state index >= 15 is 0 Å². The number of pyridine rings is 1. The number of carbonyl (C=O) groups is 1. The van der Waals surface area contributed by atoms with Crippen LogP contribution < -0.4 is 9.47 Å². The first kappa shape index (κ1) is 21.2. The summed E-state index contributed by atoms with van der Waals surface area (Å²) in [4.78, 5) is 17.2. The summed E-state index contributed by atoms with van der Waals surface area (Å²) in [6, 6.07) is 7.77. The van der Waals surface area contributed by atoms with Crippen LogP contribution >= 0.6 is 11.6 Å². The van der Waals surface area contributed by atoms with Gasteiger partial charge in [0.15, 0.2) is 11.5 Å². The molecule has 2 aromatic heterocycles. The summed E-state index contributed by atoms with van der Waals surface area (Å²) in [6.07, 6.45) is 3.55. The highest BCUT2D eigenvalue weighted by Crippen LogP contribution is 2.53. The molecule has 7 heteroatoms. The number of rotatable bonds is 5. The lowest BCUT2D eigenvalue weighted by Gasteiger charge is -2.34. The zero-order chi connectivity index (χ0) is 22.3. The molecule has 162 valence electrons.